The van der Waals surface area contributed by atoms with E-state index in [-0.39, 0.29) is 29.8 Å². The number of halogens is 2. The van der Waals surface area contributed by atoms with Crippen LogP contribution in [0.5, 0.6) is 0 Å². The Hall–Kier alpha value is -1.64. The zero-order valence-electron chi connectivity index (χ0n) is 14.9. The standard InChI is InChI=1S/C18H25FN4O.HI/c1-4-16-15(17(5-2)24-23-16)12-22-18(20-3)21-10-9-13-7-6-8-14(19)11-13;/h6-8,11H,4-5,9-10,12H2,1-3H3,(H2,20,21,22);1H. The van der Waals surface area contributed by atoms with Crippen LogP contribution in [0.25, 0.3) is 0 Å². The molecule has 7 heteroatoms. The Morgan fingerprint density at radius 3 is 2.68 bits per heavy atom. The normalized spacial score (nSPS) is 11.1. The third-order valence-corrected chi connectivity index (χ3v) is 3.86. The molecule has 1 aromatic carbocycles. The molecule has 138 valence electrons. The van der Waals surface area contributed by atoms with Gasteiger partial charge >= 0.3 is 0 Å². The van der Waals surface area contributed by atoms with Crippen LogP contribution >= 0.6 is 24.0 Å². The second kappa shape index (κ2) is 11.1. The molecule has 0 aliphatic heterocycles. The molecule has 0 spiro atoms. The summed E-state index contributed by atoms with van der Waals surface area (Å²) in [5.74, 6) is 1.41. The predicted octanol–water partition coefficient (Wildman–Crippen LogP) is 3.46. The van der Waals surface area contributed by atoms with Crippen molar-refractivity contribution in [3.63, 3.8) is 0 Å². The lowest BCUT2D eigenvalue weighted by molar-refractivity contribution is 0.380. The number of guanidine groups is 1. The van der Waals surface area contributed by atoms with Crippen LogP contribution in [-0.2, 0) is 25.8 Å². The predicted molar refractivity (Wildman–Crippen MR) is 109 cm³/mol. The van der Waals surface area contributed by atoms with Crippen LogP contribution in [0.4, 0.5) is 4.39 Å². The number of aromatic nitrogens is 1. The van der Waals surface area contributed by atoms with Gasteiger partial charge in [-0.1, -0.05) is 31.1 Å². The van der Waals surface area contributed by atoms with Crippen molar-refractivity contribution in [3.8, 4) is 0 Å². The summed E-state index contributed by atoms with van der Waals surface area (Å²) in [6, 6.07) is 6.64. The van der Waals surface area contributed by atoms with E-state index < -0.39 is 0 Å². The van der Waals surface area contributed by atoms with Gasteiger partial charge in [0.1, 0.15) is 11.6 Å². The highest BCUT2D eigenvalue weighted by Gasteiger charge is 2.13. The summed E-state index contributed by atoms with van der Waals surface area (Å²) in [6.45, 7) is 5.41. The maximum Gasteiger partial charge on any atom is 0.191 e. The zero-order valence-corrected chi connectivity index (χ0v) is 17.3. The lowest BCUT2D eigenvalue weighted by atomic mass is 10.1. The number of aliphatic imine (C=N–C) groups is 1. The van der Waals surface area contributed by atoms with Crippen molar-refractivity contribution in [3.05, 3.63) is 52.7 Å². The molecule has 1 aromatic heterocycles. The lowest BCUT2D eigenvalue weighted by Crippen LogP contribution is -2.38. The van der Waals surface area contributed by atoms with E-state index in [1.807, 2.05) is 6.07 Å². The van der Waals surface area contributed by atoms with E-state index in [1.165, 1.54) is 6.07 Å². The van der Waals surface area contributed by atoms with Crippen LogP contribution in [0.3, 0.4) is 0 Å². The minimum Gasteiger partial charge on any atom is -0.361 e. The van der Waals surface area contributed by atoms with E-state index in [9.17, 15) is 4.39 Å². The molecule has 5 nitrogen and oxygen atoms in total. The Morgan fingerprint density at radius 1 is 1.24 bits per heavy atom. The van der Waals surface area contributed by atoms with Gasteiger partial charge in [-0.25, -0.2) is 4.39 Å². The average Bonchev–Trinajstić information content (AvgIpc) is 3.00. The fraction of sp³-hybridized carbons (Fsp3) is 0.444. The fourth-order valence-electron chi connectivity index (χ4n) is 2.55. The van der Waals surface area contributed by atoms with Crippen LogP contribution in [0.15, 0.2) is 33.8 Å². The quantitative estimate of drug-likeness (QED) is 0.378. The molecule has 0 radical (unpaired) electrons. The van der Waals surface area contributed by atoms with Crippen molar-refractivity contribution in [2.45, 2.75) is 39.7 Å². The molecular weight excluding hydrogens is 434 g/mol. The summed E-state index contributed by atoms with van der Waals surface area (Å²) in [5.41, 5.74) is 3.04. The van der Waals surface area contributed by atoms with Crippen molar-refractivity contribution in [2.24, 2.45) is 4.99 Å². The Morgan fingerprint density at radius 2 is 2.04 bits per heavy atom. The van der Waals surface area contributed by atoms with Gasteiger partial charge in [-0.15, -0.1) is 24.0 Å². The lowest BCUT2D eigenvalue weighted by Gasteiger charge is -2.12. The van der Waals surface area contributed by atoms with E-state index in [1.54, 1.807) is 19.2 Å². The average molecular weight is 460 g/mol. The first-order valence-electron chi connectivity index (χ1n) is 8.33. The second-order valence-corrected chi connectivity index (χ2v) is 5.47. The molecule has 25 heavy (non-hydrogen) atoms. The SMILES string of the molecule is CCc1noc(CC)c1CNC(=NC)NCCc1cccc(F)c1.I. The van der Waals surface area contributed by atoms with E-state index in [2.05, 4.69) is 34.6 Å². The third kappa shape index (κ3) is 6.30. The summed E-state index contributed by atoms with van der Waals surface area (Å²) < 4.78 is 18.5. The smallest absolute Gasteiger partial charge is 0.191 e. The molecule has 1 heterocycles. The maximum atomic E-state index is 13.2. The van der Waals surface area contributed by atoms with Gasteiger partial charge in [0.05, 0.1) is 5.69 Å². The minimum atomic E-state index is -0.207. The number of benzene rings is 1. The van der Waals surface area contributed by atoms with Gasteiger partial charge in [-0.3, -0.25) is 4.99 Å². The van der Waals surface area contributed by atoms with E-state index in [0.29, 0.717) is 19.0 Å². The largest absolute Gasteiger partial charge is 0.361 e. The second-order valence-electron chi connectivity index (χ2n) is 5.47. The van der Waals surface area contributed by atoms with E-state index in [4.69, 9.17) is 4.52 Å². The van der Waals surface area contributed by atoms with Gasteiger partial charge in [0.2, 0.25) is 0 Å². The number of hydrogen-bond acceptors (Lipinski definition) is 3. The number of aryl methyl sites for hydroxylation is 2. The van der Waals surface area contributed by atoms with Crippen LogP contribution in [-0.4, -0.2) is 24.7 Å². The molecule has 0 amide bonds. The molecule has 2 N–H and O–H groups in total. The Kier molecular flexibility index (Phi) is 9.48. The van der Waals surface area contributed by atoms with Crippen LogP contribution in [0.2, 0.25) is 0 Å². The molecular formula is C18H26FIN4O. The van der Waals surface area contributed by atoms with Crippen molar-refractivity contribution in [1.82, 2.24) is 15.8 Å². The van der Waals surface area contributed by atoms with Gasteiger partial charge in [-0.2, -0.15) is 0 Å². The van der Waals surface area contributed by atoms with Crippen molar-refractivity contribution >= 4 is 29.9 Å². The summed E-state index contributed by atoms with van der Waals surface area (Å²) in [5, 5.41) is 10.6. The molecule has 0 aliphatic rings. The molecule has 2 aromatic rings. The fourth-order valence-corrected chi connectivity index (χ4v) is 2.55. The number of nitrogens with one attached hydrogen (secondary N) is 2. The first-order valence-corrected chi connectivity index (χ1v) is 8.33. The molecule has 0 saturated heterocycles. The summed E-state index contributed by atoms with van der Waals surface area (Å²) >= 11 is 0. The maximum absolute atomic E-state index is 13.2. The minimum absolute atomic E-state index is 0. The highest BCUT2D eigenvalue weighted by atomic mass is 127. The van der Waals surface area contributed by atoms with Crippen LogP contribution < -0.4 is 10.6 Å². The molecule has 0 aliphatic carbocycles. The van der Waals surface area contributed by atoms with Gasteiger partial charge < -0.3 is 15.2 Å². The van der Waals surface area contributed by atoms with E-state index in [0.717, 1.165) is 41.8 Å². The van der Waals surface area contributed by atoms with E-state index >= 15 is 0 Å². The van der Waals surface area contributed by atoms with Crippen molar-refractivity contribution < 1.29 is 8.91 Å². The van der Waals surface area contributed by atoms with Crippen molar-refractivity contribution in [1.29, 1.82) is 0 Å². The first-order chi connectivity index (χ1) is 11.7. The Balaban J connectivity index is 0.00000312. The molecule has 0 atom stereocenters. The van der Waals surface area contributed by atoms with Crippen LogP contribution in [0, 0.1) is 5.82 Å². The highest BCUT2D eigenvalue weighted by Crippen LogP contribution is 2.15. The molecule has 0 bridgehead atoms. The first kappa shape index (κ1) is 21.4. The highest BCUT2D eigenvalue weighted by molar-refractivity contribution is 14.0. The van der Waals surface area contributed by atoms with Crippen LogP contribution in [0.1, 0.15) is 36.4 Å². The number of nitrogens with zero attached hydrogens (tertiary/aromatic N) is 2. The Bertz CT molecular complexity index is 666. The third-order valence-electron chi connectivity index (χ3n) is 3.86. The molecule has 2 rings (SSSR count). The summed E-state index contributed by atoms with van der Waals surface area (Å²) in [4.78, 5) is 4.22. The Labute approximate surface area is 165 Å². The van der Waals surface area contributed by atoms with Gasteiger partial charge in [-0.05, 0) is 30.5 Å². The van der Waals surface area contributed by atoms with Crippen molar-refractivity contribution in [2.75, 3.05) is 13.6 Å². The molecule has 0 fully saturated rings. The zero-order chi connectivity index (χ0) is 17.4. The van der Waals surface area contributed by atoms with Gasteiger partial charge in [0, 0.05) is 32.1 Å². The molecule has 0 saturated carbocycles. The monoisotopic (exact) mass is 460 g/mol. The number of hydrogen-bond donors (Lipinski definition) is 2. The van der Waals surface area contributed by atoms with Gasteiger partial charge in [0.15, 0.2) is 5.96 Å². The summed E-state index contributed by atoms with van der Waals surface area (Å²) in [7, 11) is 1.73. The summed E-state index contributed by atoms with van der Waals surface area (Å²) in [6.07, 6.45) is 2.38. The molecule has 0 unspecified atom stereocenters. The number of rotatable bonds is 7. The van der Waals surface area contributed by atoms with Gasteiger partial charge in [0.25, 0.3) is 0 Å². The topological polar surface area (TPSA) is 62.5 Å².